The number of nitrogens with two attached hydrogens (primary N) is 3. The van der Waals surface area contributed by atoms with Gasteiger partial charge in [0.15, 0.2) is 0 Å². The molecule has 0 aromatic heterocycles. The van der Waals surface area contributed by atoms with E-state index in [4.69, 9.17) is 17.3 Å². The number of hydrogen-bond acceptors (Lipinski definition) is 5. The van der Waals surface area contributed by atoms with Crippen molar-refractivity contribution in [3.63, 3.8) is 0 Å². The largest absolute Gasteiger partial charge is 0.398 e. The van der Waals surface area contributed by atoms with Crippen LogP contribution in [0.3, 0.4) is 0 Å². The van der Waals surface area contributed by atoms with Crippen LogP contribution in [0.2, 0.25) is 0 Å². The van der Waals surface area contributed by atoms with Crippen LogP contribution in [0.4, 0.5) is 17.1 Å². The normalized spacial score (nSPS) is 16.3. The van der Waals surface area contributed by atoms with Crippen molar-refractivity contribution < 1.29 is 0 Å². The number of anilines is 3. The molecular formula is C8H13N5. The molecule has 1 heterocycles. The maximum atomic E-state index is 5.80. The number of nitrogens with zero attached hydrogens (tertiary/aromatic N) is 2. The SMILES string of the molecule is CN1Cc2c(N)ccc(N)c2N1N. The molecule has 5 nitrogen and oxygen atoms in total. The number of nitrogen functional groups attached to an aromatic ring is 2. The van der Waals surface area contributed by atoms with Crippen molar-refractivity contribution in [2.24, 2.45) is 5.84 Å². The lowest BCUT2D eigenvalue weighted by Gasteiger charge is -2.21. The molecule has 0 saturated heterocycles. The molecule has 13 heavy (non-hydrogen) atoms. The first-order valence-electron chi connectivity index (χ1n) is 4.04. The van der Waals surface area contributed by atoms with Gasteiger partial charge in [-0.2, -0.15) is 0 Å². The summed E-state index contributed by atoms with van der Waals surface area (Å²) >= 11 is 0. The summed E-state index contributed by atoms with van der Waals surface area (Å²) < 4.78 is 0. The molecule has 0 radical (unpaired) electrons. The average Bonchev–Trinajstić information content (AvgIpc) is 2.38. The second kappa shape index (κ2) is 2.51. The topological polar surface area (TPSA) is 84.5 Å². The minimum atomic E-state index is 0.663. The summed E-state index contributed by atoms with van der Waals surface area (Å²) in [5.41, 5.74) is 14.8. The van der Waals surface area contributed by atoms with Gasteiger partial charge < -0.3 is 11.5 Å². The summed E-state index contributed by atoms with van der Waals surface area (Å²) in [7, 11) is 1.89. The first kappa shape index (κ1) is 8.15. The summed E-state index contributed by atoms with van der Waals surface area (Å²) in [6.45, 7) is 0.711. The standard InChI is InChI=1S/C8H13N5/c1-12-4-5-6(9)2-3-7(10)8(5)13(12)11/h2-3H,4,9-11H2,1H3. The van der Waals surface area contributed by atoms with Crippen molar-refractivity contribution in [1.29, 1.82) is 0 Å². The Kier molecular flexibility index (Phi) is 1.58. The predicted octanol–water partition coefficient (Wildman–Crippen LogP) is -0.108. The Morgan fingerprint density at radius 3 is 2.46 bits per heavy atom. The Bertz CT molecular complexity index is 349. The smallest absolute Gasteiger partial charge is 0.0997 e. The molecule has 1 aliphatic rings. The Morgan fingerprint density at radius 1 is 1.23 bits per heavy atom. The molecule has 70 valence electrons. The minimum absolute atomic E-state index is 0.663. The molecule has 5 heteroatoms. The summed E-state index contributed by atoms with van der Waals surface area (Å²) in [6.07, 6.45) is 0. The lowest BCUT2D eigenvalue weighted by atomic mass is 10.1. The van der Waals surface area contributed by atoms with E-state index in [0.717, 1.165) is 16.9 Å². The van der Waals surface area contributed by atoms with Crippen molar-refractivity contribution in [2.45, 2.75) is 6.54 Å². The molecule has 1 aromatic rings. The predicted molar refractivity (Wildman–Crippen MR) is 53.4 cm³/mol. The van der Waals surface area contributed by atoms with Crippen LogP contribution in [0.15, 0.2) is 12.1 Å². The minimum Gasteiger partial charge on any atom is -0.398 e. The van der Waals surface area contributed by atoms with E-state index in [1.54, 1.807) is 12.1 Å². The third-order valence-electron chi connectivity index (χ3n) is 2.33. The highest BCUT2D eigenvalue weighted by atomic mass is 15.8. The van der Waals surface area contributed by atoms with Gasteiger partial charge in [-0.15, -0.1) is 0 Å². The molecule has 6 N–H and O–H groups in total. The summed E-state index contributed by atoms with van der Waals surface area (Å²) in [5.74, 6) is 5.78. The molecule has 0 aliphatic carbocycles. The van der Waals surface area contributed by atoms with Crippen molar-refractivity contribution in [3.8, 4) is 0 Å². The molecule has 0 atom stereocenters. The monoisotopic (exact) mass is 179 g/mol. The van der Waals surface area contributed by atoms with E-state index in [1.165, 1.54) is 5.12 Å². The van der Waals surface area contributed by atoms with Gasteiger partial charge in [0.1, 0.15) is 0 Å². The number of hydrogen-bond donors (Lipinski definition) is 3. The third kappa shape index (κ3) is 1.01. The third-order valence-corrected chi connectivity index (χ3v) is 2.33. The fraction of sp³-hybridized carbons (Fsp3) is 0.250. The quantitative estimate of drug-likeness (QED) is 0.382. The van der Waals surface area contributed by atoms with Crippen LogP contribution in [0.5, 0.6) is 0 Å². The summed E-state index contributed by atoms with van der Waals surface area (Å²) in [5, 5.41) is 3.39. The number of fused-ring (bicyclic) bond motifs is 1. The van der Waals surface area contributed by atoms with Crippen LogP contribution in [-0.4, -0.2) is 12.1 Å². The van der Waals surface area contributed by atoms with Crippen molar-refractivity contribution >= 4 is 17.1 Å². The lowest BCUT2D eigenvalue weighted by molar-refractivity contribution is 0.328. The zero-order valence-corrected chi connectivity index (χ0v) is 7.49. The van der Waals surface area contributed by atoms with Gasteiger partial charge in [-0.05, 0) is 12.1 Å². The Morgan fingerprint density at radius 2 is 1.85 bits per heavy atom. The van der Waals surface area contributed by atoms with Gasteiger partial charge in [0, 0.05) is 24.8 Å². The second-order valence-electron chi connectivity index (χ2n) is 3.23. The van der Waals surface area contributed by atoms with E-state index in [9.17, 15) is 0 Å². The summed E-state index contributed by atoms with van der Waals surface area (Å²) in [4.78, 5) is 0. The molecule has 2 rings (SSSR count). The second-order valence-corrected chi connectivity index (χ2v) is 3.23. The van der Waals surface area contributed by atoms with Crippen LogP contribution in [0.25, 0.3) is 0 Å². The molecule has 0 fully saturated rings. The maximum Gasteiger partial charge on any atom is 0.0997 e. The maximum absolute atomic E-state index is 5.80. The highest BCUT2D eigenvalue weighted by Crippen LogP contribution is 2.36. The van der Waals surface area contributed by atoms with Gasteiger partial charge in [-0.3, -0.25) is 0 Å². The highest BCUT2D eigenvalue weighted by Gasteiger charge is 2.25. The molecule has 0 amide bonds. The molecule has 0 spiro atoms. The zero-order chi connectivity index (χ0) is 9.59. The van der Waals surface area contributed by atoms with Crippen molar-refractivity contribution in [3.05, 3.63) is 17.7 Å². The first-order chi connectivity index (χ1) is 6.11. The Hall–Kier alpha value is -1.46. The average molecular weight is 179 g/mol. The van der Waals surface area contributed by atoms with Crippen LogP contribution >= 0.6 is 0 Å². The van der Waals surface area contributed by atoms with Crippen LogP contribution in [0, 0.1) is 0 Å². The van der Waals surface area contributed by atoms with E-state index >= 15 is 0 Å². The van der Waals surface area contributed by atoms with Crippen LogP contribution in [-0.2, 0) is 6.54 Å². The number of hydrazine groups is 2. The number of benzene rings is 1. The molecule has 0 bridgehead atoms. The van der Waals surface area contributed by atoms with Gasteiger partial charge in [-0.25, -0.2) is 16.0 Å². The fourth-order valence-electron chi connectivity index (χ4n) is 1.58. The van der Waals surface area contributed by atoms with E-state index in [2.05, 4.69) is 0 Å². The van der Waals surface area contributed by atoms with E-state index in [1.807, 2.05) is 12.1 Å². The zero-order valence-electron chi connectivity index (χ0n) is 7.49. The molecular weight excluding hydrogens is 166 g/mol. The van der Waals surface area contributed by atoms with E-state index in [0.29, 0.717) is 12.2 Å². The van der Waals surface area contributed by atoms with Crippen LogP contribution in [0.1, 0.15) is 5.56 Å². The van der Waals surface area contributed by atoms with E-state index < -0.39 is 0 Å². The van der Waals surface area contributed by atoms with Gasteiger partial charge in [0.05, 0.1) is 11.4 Å². The van der Waals surface area contributed by atoms with Gasteiger partial charge in [0.2, 0.25) is 0 Å². The molecule has 1 aromatic carbocycles. The van der Waals surface area contributed by atoms with Gasteiger partial charge >= 0.3 is 0 Å². The Balaban J connectivity index is 2.61. The number of rotatable bonds is 0. The van der Waals surface area contributed by atoms with Crippen LogP contribution < -0.4 is 22.4 Å². The van der Waals surface area contributed by atoms with E-state index in [-0.39, 0.29) is 0 Å². The Labute approximate surface area is 76.6 Å². The molecule has 0 saturated carbocycles. The van der Waals surface area contributed by atoms with Crippen molar-refractivity contribution in [2.75, 3.05) is 23.6 Å². The van der Waals surface area contributed by atoms with Gasteiger partial charge in [0.25, 0.3) is 0 Å². The van der Waals surface area contributed by atoms with Crippen molar-refractivity contribution in [1.82, 2.24) is 5.01 Å². The summed E-state index contributed by atoms with van der Waals surface area (Å²) in [6, 6.07) is 3.58. The first-order valence-corrected chi connectivity index (χ1v) is 4.04. The fourth-order valence-corrected chi connectivity index (χ4v) is 1.58. The molecule has 1 aliphatic heterocycles. The lowest BCUT2D eigenvalue weighted by Crippen LogP contribution is -2.40. The highest BCUT2D eigenvalue weighted by molar-refractivity contribution is 5.78. The molecule has 0 unspecified atom stereocenters. The van der Waals surface area contributed by atoms with Gasteiger partial charge in [-0.1, -0.05) is 0 Å².